The molecule has 8 heteroatoms. The highest BCUT2D eigenvalue weighted by atomic mass is 32.1. The van der Waals surface area contributed by atoms with Crippen LogP contribution in [0.2, 0.25) is 0 Å². The smallest absolute Gasteiger partial charge is 0.341 e. The van der Waals surface area contributed by atoms with Crippen molar-refractivity contribution in [2.24, 2.45) is 5.73 Å². The van der Waals surface area contributed by atoms with Crippen molar-refractivity contribution in [3.05, 3.63) is 50.6 Å². The van der Waals surface area contributed by atoms with Crippen LogP contribution in [0.1, 0.15) is 45.7 Å². The van der Waals surface area contributed by atoms with E-state index in [2.05, 4.69) is 11.4 Å². The molecule has 0 saturated heterocycles. The fraction of sp³-hybridized carbons (Fsp3) is 0.333. The van der Waals surface area contributed by atoms with Crippen LogP contribution in [-0.2, 0) is 6.54 Å². The number of methoxy groups -OCH3 is 1. The fourth-order valence-corrected chi connectivity index (χ4v) is 5.31. The van der Waals surface area contributed by atoms with Gasteiger partial charge in [0, 0.05) is 46.7 Å². The number of thiophene rings is 1. The van der Waals surface area contributed by atoms with Crippen molar-refractivity contribution in [2.45, 2.75) is 31.5 Å². The summed E-state index contributed by atoms with van der Waals surface area (Å²) in [7, 11) is 1.59. The zero-order valence-electron chi connectivity index (χ0n) is 15.9. The summed E-state index contributed by atoms with van der Waals surface area (Å²) in [6.07, 6.45) is 3.38. The van der Waals surface area contributed by atoms with Crippen LogP contribution in [-0.4, -0.2) is 29.3 Å². The maximum atomic E-state index is 12.8. The lowest BCUT2D eigenvalue weighted by Gasteiger charge is -2.19. The fourth-order valence-electron chi connectivity index (χ4n) is 4.09. The molecule has 29 heavy (non-hydrogen) atoms. The van der Waals surface area contributed by atoms with E-state index < -0.39 is 11.4 Å². The lowest BCUT2D eigenvalue weighted by Crippen LogP contribution is -2.31. The lowest BCUT2D eigenvalue weighted by atomic mass is 10.0. The number of pyridine rings is 1. The van der Waals surface area contributed by atoms with Crippen LogP contribution in [0.25, 0.3) is 21.3 Å². The molecule has 1 atom stereocenters. The van der Waals surface area contributed by atoms with Crippen molar-refractivity contribution in [2.75, 3.05) is 13.7 Å². The van der Waals surface area contributed by atoms with Gasteiger partial charge in [0.2, 0.25) is 5.43 Å². The molecule has 2 aromatic heterocycles. The van der Waals surface area contributed by atoms with Gasteiger partial charge in [-0.1, -0.05) is 0 Å². The van der Waals surface area contributed by atoms with E-state index in [0.717, 1.165) is 41.9 Å². The first kappa shape index (κ1) is 18.4. The van der Waals surface area contributed by atoms with E-state index in [9.17, 15) is 14.7 Å². The molecule has 150 valence electrons. The summed E-state index contributed by atoms with van der Waals surface area (Å²) in [5, 5.41) is 13.2. The number of rotatable bonds is 4. The predicted octanol–water partition coefficient (Wildman–Crippen LogP) is 2.87. The number of carboxylic acids is 1. The first-order chi connectivity index (χ1) is 14.0. The number of fused-ring (bicyclic) bond motifs is 2. The summed E-state index contributed by atoms with van der Waals surface area (Å²) in [6, 6.07) is 5.83. The number of carbonyl (C=O) groups is 1. The highest BCUT2D eigenvalue weighted by Crippen LogP contribution is 2.45. The highest BCUT2D eigenvalue weighted by molar-refractivity contribution is 7.15. The number of ether oxygens (including phenoxy) is 1. The zero-order valence-corrected chi connectivity index (χ0v) is 16.7. The molecule has 7 nitrogen and oxygen atoms in total. The van der Waals surface area contributed by atoms with Gasteiger partial charge < -0.3 is 25.5 Å². The Morgan fingerprint density at radius 1 is 1.38 bits per heavy atom. The molecule has 4 N–H and O–H groups in total. The minimum absolute atomic E-state index is 0.0435. The molecule has 0 amide bonds. The number of hydrogen-bond acceptors (Lipinski definition) is 6. The van der Waals surface area contributed by atoms with Gasteiger partial charge in [0.05, 0.1) is 18.0 Å². The second kappa shape index (κ2) is 6.69. The second-order valence-electron chi connectivity index (χ2n) is 7.58. The number of nitrogens with one attached hydrogen (secondary N) is 1. The Kier molecular flexibility index (Phi) is 4.23. The SMILES string of the molecule is COc1c(-c2cc3c(s2)CNCC3N)ccc2c(=O)c(C(=O)O)cn(C3CC3)c12. The molecule has 0 radical (unpaired) electrons. The van der Waals surface area contributed by atoms with Gasteiger partial charge in [-0.05, 0) is 36.6 Å². The molecular weight excluding hydrogens is 390 g/mol. The molecular formula is C21H21N3O4S. The average Bonchev–Trinajstić information content (AvgIpc) is 3.45. The monoisotopic (exact) mass is 411 g/mol. The molecule has 5 rings (SSSR count). The zero-order chi connectivity index (χ0) is 20.3. The standard InChI is InChI=1S/C21H21N3O4S/c1-28-20-11(16-6-13-15(22)7-23-8-17(13)29-16)4-5-12-18(20)24(10-2-3-10)9-14(19(12)25)21(26)27/h4-6,9-10,15,23H,2-3,7-8,22H2,1H3,(H,26,27). The Morgan fingerprint density at radius 3 is 2.83 bits per heavy atom. The number of hydrogen-bond donors (Lipinski definition) is 3. The Labute approximate surface area is 170 Å². The van der Waals surface area contributed by atoms with E-state index in [4.69, 9.17) is 10.5 Å². The van der Waals surface area contributed by atoms with Crippen molar-refractivity contribution in [3.63, 3.8) is 0 Å². The van der Waals surface area contributed by atoms with Gasteiger partial charge in [-0.25, -0.2) is 4.79 Å². The third-order valence-corrected chi connectivity index (χ3v) is 6.86. The lowest BCUT2D eigenvalue weighted by molar-refractivity contribution is 0.0695. The van der Waals surface area contributed by atoms with Crippen molar-refractivity contribution in [1.82, 2.24) is 9.88 Å². The number of aromatic carboxylic acids is 1. The van der Waals surface area contributed by atoms with Crippen LogP contribution in [0.5, 0.6) is 5.75 Å². The maximum Gasteiger partial charge on any atom is 0.341 e. The third-order valence-electron chi connectivity index (χ3n) is 5.68. The van der Waals surface area contributed by atoms with Crippen LogP contribution in [0.15, 0.2) is 29.2 Å². The highest BCUT2D eigenvalue weighted by Gasteiger charge is 2.30. The molecule has 3 aromatic rings. The Bertz CT molecular complexity index is 1210. The van der Waals surface area contributed by atoms with E-state index >= 15 is 0 Å². The topological polar surface area (TPSA) is 107 Å². The third kappa shape index (κ3) is 2.87. The molecule has 1 aliphatic carbocycles. The number of nitrogens with zero attached hydrogens (tertiary/aromatic N) is 1. The van der Waals surface area contributed by atoms with E-state index in [1.807, 2.05) is 10.6 Å². The van der Waals surface area contributed by atoms with Gasteiger partial charge in [0.1, 0.15) is 5.56 Å². The van der Waals surface area contributed by atoms with Crippen LogP contribution < -0.4 is 21.2 Å². The molecule has 0 bridgehead atoms. The van der Waals surface area contributed by atoms with E-state index in [1.165, 1.54) is 11.1 Å². The molecule has 1 aromatic carbocycles. The summed E-state index contributed by atoms with van der Waals surface area (Å²) >= 11 is 1.67. The van der Waals surface area contributed by atoms with Crippen LogP contribution in [0, 0.1) is 0 Å². The molecule has 3 heterocycles. The second-order valence-corrected chi connectivity index (χ2v) is 8.72. The van der Waals surface area contributed by atoms with Gasteiger partial charge in [0.25, 0.3) is 0 Å². The van der Waals surface area contributed by atoms with E-state index in [1.54, 1.807) is 24.5 Å². The van der Waals surface area contributed by atoms with Crippen molar-refractivity contribution in [1.29, 1.82) is 0 Å². The van der Waals surface area contributed by atoms with Crippen molar-refractivity contribution in [3.8, 4) is 16.2 Å². The van der Waals surface area contributed by atoms with Gasteiger partial charge in [-0.15, -0.1) is 11.3 Å². The maximum absolute atomic E-state index is 12.8. The number of aromatic nitrogens is 1. The Hall–Kier alpha value is -2.68. The van der Waals surface area contributed by atoms with Gasteiger partial charge in [0.15, 0.2) is 5.75 Å². The summed E-state index contributed by atoms with van der Waals surface area (Å²) in [5.41, 5.74) is 8.26. The average molecular weight is 411 g/mol. The van der Waals surface area contributed by atoms with Crippen LogP contribution >= 0.6 is 11.3 Å². The van der Waals surface area contributed by atoms with E-state index in [-0.39, 0.29) is 17.6 Å². The largest absolute Gasteiger partial charge is 0.494 e. The Balaban J connectivity index is 1.79. The summed E-state index contributed by atoms with van der Waals surface area (Å²) in [4.78, 5) is 26.6. The number of carboxylic acid groups (broad SMARTS) is 1. The summed E-state index contributed by atoms with van der Waals surface area (Å²) < 4.78 is 7.70. The quantitative estimate of drug-likeness (QED) is 0.610. The van der Waals surface area contributed by atoms with Crippen molar-refractivity contribution < 1.29 is 14.6 Å². The van der Waals surface area contributed by atoms with Crippen molar-refractivity contribution >= 4 is 28.2 Å². The molecule has 1 unspecified atom stereocenters. The number of benzene rings is 1. The minimum atomic E-state index is -1.21. The summed E-state index contributed by atoms with van der Waals surface area (Å²) in [5.74, 6) is -0.606. The van der Waals surface area contributed by atoms with Gasteiger partial charge in [-0.3, -0.25) is 4.79 Å². The molecule has 0 spiro atoms. The van der Waals surface area contributed by atoms with Gasteiger partial charge >= 0.3 is 5.97 Å². The predicted molar refractivity (Wildman–Crippen MR) is 112 cm³/mol. The van der Waals surface area contributed by atoms with Crippen LogP contribution in [0.3, 0.4) is 0 Å². The molecule has 2 aliphatic rings. The van der Waals surface area contributed by atoms with Gasteiger partial charge in [-0.2, -0.15) is 0 Å². The Morgan fingerprint density at radius 2 is 2.17 bits per heavy atom. The molecule has 1 fully saturated rings. The first-order valence-electron chi connectivity index (χ1n) is 9.58. The molecule has 1 saturated carbocycles. The normalized spacial score (nSPS) is 18.6. The first-order valence-corrected chi connectivity index (χ1v) is 10.4. The van der Waals surface area contributed by atoms with E-state index in [0.29, 0.717) is 16.7 Å². The number of nitrogens with two attached hydrogens (primary N) is 1. The van der Waals surface area contributed by atoms with Crippen LogP contribution in [0.4, 0.5) is 0 Å². The molecule has 1 aliphatic heterocycles. The minimum Gasteiger partial charge on any atom is -0.494 e. The summed E-state index contributed by atoms with van der Waals surface area (Å²) in [6.45, 7) is 1.54.